The van der Waals surface area contributed by atoms with Crippen molar-refractivity contribution in [2.75, 3.05) is 6.61 Å². The van der Waals surface area contributed by atoms with Crippen LogP contribution in [0, 0.1) is 10.1 Å². The van der Waals surface area contributed by atoms with E-state index in [1.807, 2.05) is 12.1 Å². The fourth-order valence-corrected chi connectivity index (χ4v) is 3.39. The van der Waals surface area contributed by atoms with E-state index >= 15 is 0 Å². The van der Waals surface area contributed by atoms with Gasteiger partial charge < -0.3 is 4.74 Å². The van der Waals surface area contributed by atoms with Crippen LogP contribution in [0.1, 0.15) is 0 Å². The molecule has 0 atom stereocenters. The molecule has 0 aliphatic carbocycles. The van der Waals surface area contributed by atoms with E-state index in [1.54, 1.807) is 29.2 Å². The number of nitro benzene ring substituents is 1. The molecule has 2 aromatic heterocycles. The summed E-state index contributed by atoms with van der Waals surface area (Å²) in [6.45, 7) is 7.93. The molecule has 2 heterocycles. The van der Waals surface area contributed by atoms with Gasteiger partial charge in [-0.2, -0.15) is 5.10 Å². The molecule has 0 aliphatic rings. The van der Waals surface area contributed by atoms with Crippen LogP contribution in [0.4, 0.5) is 5.69 Å². The van der Waals surface area contributed by atoms with Gasteiger partial charge in [0.2, 0.25) is 0 Å². The monoisotopic (exact) mass is 370 g/mol. The van der Waals surface area contributed by atoms with Crippen LogP contribution in [-0.2, 0) is 11.5 Å². The maximum absolute atomic E-state index is 11.2. The van der Waals surface area contributed by atoms with Crippen molar-refractivity contribution in [2.45, 2.75) is 32.4 Å². The molecule has 3 rings (SSSR count). The minimum atomic E-state index is -1.15. The van der Waals surface area contributed by atoms with Crippen molar-refractivity contribution in [1.29, 1.82) is 0 Å². The summed E-state index contributed by atoms with van der Waals surface area (Å²) in [4.78, 5) is 14.8. The summed E-state index contributed by atoms with van der Waals surface area (Å²) in [6, 6.07) is 9.56. The van der Waals surface area contributed by atoms with Crippen molar-refractivity contribution in [3.8, 4) is 11.3 Å². The Balaban J connectivity index is 1.95. The van der Waals surface area contributed by atoms with Gasteiger partial charge in [-0.3, -0.25) is 15.1 Å². The number of benzene rings is 1. The van der Waals surface area contributed by atoms with Gasteiger partial charge in [-0.05, 0) is 24.2 Å². The maximum Gasteiger partial charge on any atom is 0.270 e. The average Bonchev–Trinajstić information content (AvgIpc) is 2.96. The highest BCUT2D eigenvalue weighted by Crippen LogP contribution is 2.30. The number of hydrogen-bond acceptors (Lipinski definition) is 5. The van der Waals surface area contributed by atoms with Gasteiger partial charge in [-0.1, -0.05) is 19.6 Å². The van der Waals surface area contributed by atoms with Crippen LogP contribution in [0.2, 0.25) is 25.7 Å². The summed E-state index contributed by atoms with van der Waals surface area (Å²) in [5, 5.41) is 16.5. The Labute approximate surface area is 152 Å². The lowest BCUT2D eigenvalue weighted by atomic mass is 10.1. The zero-order valence-corrected chi connectivity index (χ0v) is 16.2. The molecule has 0 unspecified atom stereocenters. The van der Waals surface area contributed by atoms with Gasteiger partial charge in [-0.15, -0.1) is 0 Å². The SMILES string of the molecule is C[Si](C)(C)CCOCn1nc(-c2ccncc2)c2cc([N+](=O)[O-])ccc21. The first-order valence-corrected chi connectivity index (χ1v) is 12.2. The van der Waals surface area contributed by atoms with Crippen molar-refractivity contribution in [3.05, 3.63) is 52.8 Å². The van der Waals surface area contributed by atoms with Gasteiger partial charge in [0.05, 0.1) is 10.4 Å². The fraction of sp³-hybridized carbons (Fsp3) is 0.333. The number of pyridine rings is 1. The summed E-state index contributed by atoms with van der Waals surface area (Å²) in [5.41, 5.74) is 2.42. The summed E-state index contributed by atoms with van der Waals surface area (Å²) >= 11 is 0. The van der Waals surface area contributed by atoms with Gasteiger partial charge in [0, 0.05) is 50.2 Å². The molecule has 0 bridgehead atoms. The van der Waals surface area contributed by atoms with E-state index in [1.165, 1.54) is 6.07 Å². The third kappa shape index (κ3) is 4.14. The minimum Gasteiger partial charge on any atom is -0.360 e. The lowest BCUT2D eigenvalue weighted by Crippen LogP contribution is -2.22. The molecule has 0 fully saturated rings. The van der Waals surface area contributed by atoms with Crippen molar-refractivity contribution >= 4 is 24.7 Å². The first-order valence-electron chi connectivity index (χ1n) is 8.48. The molecule has 1 aromatic carbocycles. The van der Waals surface area contributed by atoms with E-state index in [0.717, 1.165) is 22.5 Å². The second kappa shape index (κ2) is 7.34. The summed E-state index contributed by atoms with van der Waals surface area (Å²) < 4.78 is 7.58. The third-order valence-corrected chi connectivity index (χ3v) is 5.81. The highest BCUT2D eigenvalue weighted by atomic mass is 28.3. The molecule has 8 heteroatoms. The predicted octanol–water partition coefficient (Wildman–Crippen LogP) is 4.32. The van der Waals surface area contributed by atoms with E-state index in [0.29, 0.717) is 19.0 Å². The summed E-state index contributed by atoms with van der Waals surface area (Å²) in [7, 11) is -1.15. The van der Waals surface area contributed by atoms with Crippen molar-refractivity contribution < 1.29 is 9.66 Å². The van der Waals surface area contributed by atoms with Crippen molar-refractivity contribution in [3.63, 3.8) is 0 Å². The van der Waals surface area contributed by atoms with Gasteiger partial charge in [0.25, 0.3) is 5.69 Å². The van der Waals surface area contributed by atoms with Gasteiger partial charge in [0.1, 0.15) is 12.4 Å². The topological polar surface area (TPSA) is 83.1 Å². The smallest absolute Gasteiger partial charge is 0.270 e. The Kier molecular flexibility index (Phi) is 5.15. The molecule has 136 valence electrons. The molecule has 0 aliphatic heterocycles. The summed E-state index contributed by atoms with van der Waals surface area (Å²) in [6.07, 6.45) is 3.37. The molecule has 26 heavy (non-hydrogen) atoms. The number of non-ortho nitro benzene ring substituents is 1. The van der Waals surface area contributed by atoms with E-state index in [-0.39, 0.29) is 5.69 Å². The molecule has 0 saturated heterocycles. The molecular formula is C18H22N4O3Si. The lowest BCUT2D eigenvalue weighted by Gasteiger charge is -2.15. The lowest BCUT2D eigenvalue weighted by molar-refractivity contribution is -0.384. The highest BCUT2D eigenvalue weighted by Gasteiger charge is 2.17. The van der Waals surface area contributed by atoms with Gasteiger partial charge in [-0.25, -0.2) is 4.68 Å². The van der Waals surface area contributed by atoms with E-state index < -0.39 is 13.0 Å². The van der Waals surface area contributed by atoms with E-state index in [4.69, 9.17) is 4.74 Å². The first-order chi connectivity index (χ1) is 12.3. The Hall–Kier alpha value is -2.58. The van der Waals surface area contributed by atoms with Gasteiger partial charge >= 0.3 is 0 Å². The number of hydrogen-bond donors (Lipinski definition) is 0. The quantitative estimate of drug-likeness (QED) is 0.268. The largest absolute Gasteiger partial charge is 0.360 e. The fourth-order valence-electron chi connectivity index (χ4n) is 2.63. The first kappa shape index (κ1) is 18.2. The molecule has 0 radical (unpaired) electrons. The Morgan fingerprint density at radius 1 is 1.19 bits per heavy atom. The van der Waals surface area contributed by atoms with Crippen LogP contribution in [0.25, 0.3) is 22.2 Å². The number of aromatic nitrogens is 3. The molecule has 0 spiro atoms. The number of nitrogens with zero attached hydrogens (tertiary/aromatic N) is 4. The van der Waals surface area contributed by atoms with Crippen molar-refractivity contribution in [2.24, 2.45) is 0 Å². The normalized spacial score (nSPS) is 11.8. The number of nitro groups is 1. The van der Waals surface area contributed by atoms with E-state index in [2.05, 4.69) is 29.7 Å². The maximum atomic E-state index is 11.2. The number of ether oxygens (including phenoxy) is 1. The average molecular weight is 370 g/mol. The van der Waals surface area contributed by atoms with Crippen LogP contribution in [0.3, 0.4) is 0 Å². The summed E-state index contributed by atoms with van der Waals surface area (Å²) in [5.74, 6) is 0. The molecule has 0 amide bonds. The Morgan fingerprint density at radius 3 is 2.58 bits per heavy atom. The minimum absolute atomic E-state index is 0.0482. The molecule has 3 aromatic rings. The molecule has 0 N–H and O–H groups in total. The zero-order valence-electron chi connectivity index (χ0n) is 15.2. The van der Waals surface area contributed by atoms with Crippen LogP contribution >= 0.6 is 0 Å². The molecular weight excluding hydrogens is 348 g/mol. The second-order valence-electron chi connectivity index (χ2n) is 7.39. The van der Waals surface area contributed by atoms with Crippen LogP contribution in [0.5, 0.6) is 0 Å². The second-order valence-corrected chi connectivity index (χ2v) is 13.0. The molecule has 0 saturated carbocycles. The highest BCUT2D eigenvalue weighted by molar-refractivity contribution is 6.76. The van der Waals surface area contributed by atoms with Crippen molar-refractivity contribution in [1.82, 2.24) is 14.8 Å². The van der Waals surface area contributed by atoms with Gasteiger partial charge in [0.15, 0.2) is 0 Å². The zero-order chi connectivity index (χ0) is 18.7. The third-order valence-electron chi connectivity index (χ3n) is 4.11. The predicted molar refractivity (Wildman–Crippen MR) is 104 cm³/mol. The van der Waals surface area contributed by atoms with Crippen LogP contribution in [-0.4, -0.2) is 34.4 Å². The Morgan fingerprint density at radius 2 is 1.92 bits per heavy atom. The standard InChI is InChI=1S/C18H22N4O3Si/c1-26(2,3)11-10-25-13-21-17-5-4-15(22(23)24)12-16(17)18(20-21)14-6-8-19-9-7-14/h4-9,12H,10-11,13H2,1-3H3. The van der Waals surface area contributed by atoms with Crippen LogP contribution < -0.4 is 0 Å². The number of fused-ring (bicyclic) bond motifs is 1. The van der Waals surface area contributed by atoms with Crippen LogP contribution in [0.15, 0.2) is 42.7 Å². The Bertz CT molecular complexity index is 919. The molecule has 7 nitrogen and oxygen atoms in total. The van der Waals surface area contributed by atoms with E-state index in [9.17, 15) is 10.1 Å². The number of rotatable bonds is 7.